The molecular formula is C20H22N2O3. The minimum Gasteiger partial charge on any atom is -0.365 e. The van der Waals surface area contributed by atoms with Gasteiger partial charge < -0.3 is 15.4 Å². The molecule has 25 heavy (non-hydrogen) atoms. The van der Waals surface area contributed by atoms with Crippen LogP contribution in [-0.4, -0.2) is 24.0 Å². The van der Waals surface area contributed by atoms with Crippen molar-refractivity contribution in [3.05, 3.63) is 65.7 Å². The summed E-state index contributed by atoms with van der Waals surface area (Å²) >= 11 is 0. The average molecular weight is 338 g/mol. The van der Waals surface area contributed by atoms with Crippen LogP contribution < -0.4 is 10.6 Å². The van der Waals surface area contributed by atoms with Crippen LogP contribution in [0.25, 0.3) is 0 Å². The Hall–Kier alpha value is -2.66. The van der Waals surface area contributed by atoms with Crippen molar-refractivity contribution in [3.63, 3.8) is 0 Å². The van der Waals surface area contributed by atoms with Gasteiger partial charge in [0, 0.05) is 17.8 Å². The van der Waals surface area contributed by atoms with Crippen LogP contribution in [0.1, 0.15) is 35.7 Å². The first-order chi connectivity index (χ1) is 12.1. The minimum absolute atomic E-state index is 0.0940. The fourth-order valence-corrected chi connectivity index (χ4v) is 2.85. The molecule has 0 radical (unpaired) electrons. The smallest absolute Gasteiger partial charge is 0.255 e. The number of anilines is 1. The summed E-state index contributed by atoms with van der Waals surface area (Å²) in [5, 5.41) is 5.74. The van der Waals surface area contributed by atoms with E-state index in [1.807, 2.05) is 49.4 Å². The Morgan fingerprint density at radius 3 is 2.60 bits per heavy atom. The van der Waals surface area contributed by atoms with Crippen molar-refractivity contribution in [2.75, 3.05) is 5.32 Å². The fourth-order valence-electron chi connectivity index (χ4n) is 2.85. The predicted molar refractivity (Wildman–Crippen MR) is 96.3 cm³/mol. The van der Waals surface area contributed by atoms with E-state index in [-0.39, 0.29) is 24.0 Å². The molecule has 5 nitrogen and oxygen atoms in total. The van der Waals surface area contributed by atoms with Crippen molar-refractivity contribution in [1.82, 2.24) is 5.32 Å². The van der Waals surface area contributed by atoms with E-state index < -0.39 is 0 Å². The molecule has 0 saturated carbocycles. The number of carbonyl (C=O) groups is 2. The molecule has 5 heteroatoms. The molecule has 2 aromatic rings. The summed E-state index contributed by atoms with van der Waals surface area (Å²) in [5.74, 6) is -0.268. The number of hydrogen-bond donors (Lipinski definition) is 2. The molecule has 2 amide bonds. The standard InChI is InChI=1S/C20H22N2O3/c1-14-10-11-18(25-14)20(24)21-13-15-6-5-7-16(12-15)19(23)22-17-8-3-2-4-9-17/h2-9,12,14,18H,10-11,13H2,1H3,(H,21,24)(H,22,23)/t14-,18+/m0/s1. The van der Waals surface area contributed by atoms with Gasteiger partial charge in [-0.2, -0.15) is 0 Å². The van der Waals surface area contributed by atoms with E-state index in [9.17, 15) is 9.59 Å². The van der Waals surface area contributed by atoms with Crippen molar-refractivity contribution in [2.24, 2.45) is 0 Å². The van der Waals surface area contributed by atoms with E-state index in [1.165, 1.54) is 0 Å². The molecular weight excluding hydrogens is 316 g/mol. The van der Waals surface area contributed by atoms with Crippen molar-refractivity contribution < 1.29 is 14.3 Å². The van der Waals surface area contributed by atoms with E-state index in [4.69, 9.17) is 4.74 Å². The topological polar surface area (TPSA) is 67.4 Å². The second-order valence-electron chi connectivity index (χ2n) is 6.25. The van der Waals surface area contributed by atoms with Gasteiger partial charge in [0.1, 0.15) is 6.10 Å². The number of amides is 2. The van der Waals surface area contributed by atoms with Gasteiger partial charge in [-0.1, -0.05) is 30.3 Å². The molecule has 1 saturated heterocycles. The highest BCUT2D eigenvalue weighted by atomic mass is 16.5. The third kappa shape index (κ3) is 4.67. The summed E-state index contributed by atoms with van der Waals surface area (Å²) in [5.41, 5.74) is 2.18. The Balaban J connectivity index is 1.57. The number of para-hydroxylation sites is 1. The first-order valence-electron chi connectivity index (χ1n) is 8.50. The van der Waals surface area contributed by atoms with Gasteiger partial charge in [-0.15, -0.1) is 0 Å². The fraction of sp³-hybridized carbons (Fsp3) is 0.300. The van der Waals surface area contributed by atoms with Gasteiger partial charge in [0.25, 0.3) is 5.91 Å². The lowest BCUT2D eigenvalue weighted by Crippen LogP contribution is -2.34. The van der Waals surface area contributed by atoms with Crippen LogP contribution in [0.3, 0.4) is 0 Å². The highest BCUT2D eigenvalue weighted by molar-refractivity contribution is 6.04. The monoisotopic (exact) mass is 338 g/mol. The molecule has 1 aliphatic rings. The molecule has 2 atom stereocenters. The molecule has 0 aromatic heterocycles. The zero-order chi connectivity index (χ0) is 17.6. The highest BCUT2D eigenvalue weighted by Gasteiger charge is 2.27. The van der Waals surface area contributed by atoms with Crippen molar-refractivity contribution >= 4 is 17.5 Å². The molecule has 1 heterocycles. The SMILES string of the molecule is C[C@H]1CC[C@H](C(=O)NCc2cccc(C(=O)Nc3ccccc3)c2)O1. The van der Waals surface area contributed by atoms with Gasteiger partial charge in [0.2, 0.25) is 5.91 Å². The van der Waals surface area contributed by atoms with Crippen molar-refractivity contribution in [2.45, 2.75) is 38.5 Å². The Morgan fingerprint density at radius 1 is 1.08 bits per heavy atom. The number of ether oxygens (including phenoxy) is 1. The van der Waals surface area contributed by atoms with Crippen molar-refractivity contribution in [3.8, 4) is 0 Å². The van der Waals surface area contributed by atoms with Crippen LogP contribution in [0.5, 0.6) is 0 Å². The minimum atomic E-state index is -0.362. The maximum Gasteiger partial charge on any atom is 0.255 e. The van der Waals surface area contributed by atoms with Crippen LogP contribution in [0.2, 0.25) is 0 Å². The molecule has 0 bridgehead atoms. The normalized spacial score (nSPS) is 19.4. The summed E-state index contributed by atoms with van der Waals surface area (Å²) < 4.78 is 5.56. The van der Waals surface area contributed by atoms with E-state index >= 15 is 0 Å². The average Bonchev–Trinajstić information content (AvgIpc) is 3.07. The largest absolute Gasteiger partial charge is 0.365 e. The lowest BCUT2D eigenvalue weighted by Gasteiger charge is -2.12. The third-order valence-electron chi connectivity index (χ3n) is 4.21. The van der Waals surface area contributed by atoms with Crippen LogP contribution >= 0.6 is 0 Å². The van der Waals surface area contributed by atoms with Crippen LogP contribution in [0.15, 0.2) is 54.6 Å². The van der Waals surface area contributed by atoms with E-state index in [0.717, 1.165) is 24.1 Å². The Bertz CT molecular complexity index is 746. The van der Waals surface area contributed by atoms with E-state index in [1.54, 1.807) is 12.1 Å². The maximum atomic E-state index is 12.3. The first kappa shape index (κ1) is 17.2. The Kier molecular flexibility index (Phi) is 5.46. The van der Waals surface area contributed by atoms with Gasteiger partial charge in [0.15, 0.2) is 0 Å². The molecule has 0 spiro atoms. The van der Waals surface area contributed by atoms with E-state index in [0.29, 0.717) is 12.1 Å². The summed E-state index contributed by atoms with van der Waals surface area (Å²) in [7, 11) is 0. The van der Waals surface area contributed by atoms with Crippen LogP contribution in [-0.2, 0) is 16.1 Å². The summed E-state index contributed by atoms with van der Waals surface area (Å²) in [6.07, 6.45) is 1.44. The maximum absolute atomic E-state index is 12.3. The van der Waals surface area contributed by atoms with Crippen LogP contribution in [0, 0.1) is 0 Å². The molecule has 1 fully saturated rings. The van der Waals surface area contributed by atoms with Crippen molar-refractivity contribution in [1.29, 1.82) is 0 Å². The molecule has 130 valence electrons. The Labute approximate surface area is 147 Å². The number of carbonyl (C=O) groups excluding carboxylic acids is 2. The molecule has 0 aliphatic carbocycles. The zero-order valence-electron chi connectivity index (χ0n) is 14.2. The van der Waals surface area contributed by atoms with E-state index in [2.05, 4.69) is 10.6 Å². The van der Waals surface area contributed by atoms with Gasteiger partial charge in [-0.3, -0.25) is 9.59 Å². The second kappa shape index (κ2) is 7.94. The van der Waals surface area contributed by atoms with Gasteiger partial charge >= 0.3 is 0 Å². The summed E-state index contributed by atoms with van der Waals surface area (Å²) in [6, 6.07) is 16.6. The predicted octanol–water partition coefficient (Wildman–Crippen LogP) is 3.12. The summed E-state index contributed by atoms with van der Waals surface area (Å²) in [6.45, 7) is 2.35. The molecule has 3 rings (SSSR count). The number of hydrogen-bond acceptors (Lipinski definition) is 3. The quantitative estimate of drug-likeness (QED) is 0.880. The van der Waals surface area contributed by atoms with Gasteiger partial charge in [-0.25, -0.2) is 0 Å². The Morgan fingerprint density at radius 2 is 1.88 bits per heavy atom. The molecule has 2 N–H and O–H groups in total. The zero-order valence-corrected chi connectivity index (χ0v) is 14.2. The lowest BCUT2D eigenvalue weighted by atomic mass is 10.1. The first-order valence-corrected chi connectivity index (χ1v) is 8.50. The second-order valence-corrected chi connectivity index (χ2v) is 6.25. The number of rotatable bonds is 5. The molecule has 0 unspecified atom stereocenters. The van der Waals surface area contributed by atoms with Gasteiger partial charge in [0.05, 0.1) is 6.10 Å². The number of nitrogens with one attached hydrogen (secondary N) is 2. The highest BCUT2D eigenvalue weighted by Crippen LogP contribution is 2.19. The summed E-state index contributed by atoms with van der Waals surface area (Å²) in [4.78, 5) is 24.4. The molecule has 2 aromatic carbocycles. The van der Waals surface area contributed by atoms with Gasteiger partial charge in [-0.05, 0) is 49.6 Å². The molecule has 1 aliphatic heterocycles. The third-order valence-corrected chi connectivity index (χ3v) is 4.21. The lowest BCUT2D eigenvalue weighted by molar-refractivity contribution is -0.131. The number of benzene rings is 2. The van der Waals surface area contributed by atoms with Crippen LogP contribution in [0.4, 0.5) is 5.69 Å².